The lowest BCUT2D eigenvalue weighted by Crippen LogP contribution is -2.44. The van der Waals surface area contributed by atoms with Gasteiger partial charge < -0.3 is 4.90 Å². The molecule has 2 aliphatic heterocycles. The molecule has 0 radical (unpaired) electrons. The Balaban J connectivity index is 2.00. The Morgan fingerprint density at radius 2 is 2.09 bits per heavy atom. The smallest absolute Gasteiger partial charge is 0.264 e. The van der Waals surface area contributed by atoms with Gasteiger partial charge in [-0.2, -0.15) is 0 Å². The first-order chi connectivity index (χ1) is 10.7. The van der Waals surface area contributed by atoms with E-state index in [2.05, 4.69) is 0 Å². The number of hydrogen-bond acceptors (Lipinski definition) is 5. The van der Waals surface area contributed by atoms with Crippen molar-refractivity contribution in [2.75, 3.05) is 12.8 Å². The topological polar surface area (TPSA) is 74.8 Å². The number of nitrogens with zero attached hydrogens (tertiary/aromatic N) is 2. The number of amides is 2. The molecule has 3 heterocycles. The van der Waals surface area contributed by atoms with Crippen LogP contribution in [0.3, 0.4) is 0 Å². The van der Waals surface area contributed by atoms with E-state index in [1.54, 1.807) is 11.0 Å². The minimum Gasteiger partial charge on any atom is -0.332 e. The van der Waals surface area contributed by atoms with Crippen LogP contribution in [0.1, 0.15) is 29.9 Å². The van der Waals surface area contributed by atoms with E-state index in [-0.39, 0.29) is 23.8 Å². The van der Waals surface area contributed by atoms with Gasteiger partial charge in [0, 0.05) is 6.54 Å². The first-order valence-corrected chi connectivity index (χ1v) is 10.3. The van der Waals surface area contributed by atoms with Crippen molar-refractivity contribution < 1.29 is 18.0 Å². The Kier molecular flexibility index (Phi) is 4.00. The maximum Gasteiger partial charge on any atom is 0.264 e. The van der Waals surface area contributed by atoms with Crippen LogP contribution in [0.4, 0.5) is 0 Å². The fourth-order valence-electron chi connectivity index (χ4n) is 3.81. The average Bonchev–Trinajstić information content (AvgIpc) is 3.10. The van der Waals surface area contributed by atoms with Crippen molar-refractivity contribution in [2.45, 2.75) is 32.4 Å². The van der Waals surface area contributed by atoms with E-state index < -0.39 is 22.0 Å². The predicted octanol–water partition coefficient (Wildman–Crippen LogP) is 1.41. The van der Waals surface area contributed by atoms with Gasteiger partial charge in [0.1, 0.15) is 0 Å². The molecule has 2 aliphatic rings. The molecule has 2 saturated heterocycles. The van der Waals surface area contributed by atoms with Gasteiger partial charge in [-0.25, -0.2) is 12.7 Å². The number of carbonyl (C=O) groups is 2. The van der Waals surface area contributed by atoms with Crippen LogP contribution in [-0.2, 0) is 14.8 Å². The average molecular weight is 356 g/mol. The number of hydrogen-bond donors (Lipinski definition) is 0. The van der Waals surface area contributed by atoms with Crippen LogP contribution in [0.15, 0.2) is 17.5 Å². The fourth-order valence-corrected chi connectivity index (χ4v) is 5.66. The summed E-state index contributed by atoms with van der Waals surface area (Å²) in [5.41, 5.74) is 0. The van der Waals surface area contributed by atoms with Gasteiger partial charge in [0.25, 0.3) is 5.91 Å². The summed E-state index contributed by atoms with van der Waals surface area (Å²) in [7, 11) is -3.63. The molecule has 3 rings (SSSR count). The Bertz CT molecular complexity index is 727. The Morgan fingerprint density at radius 3 is 2.61 bits per heavy atom. The molecule has 3 atom stereocenters. The van der Waals surface area contributed by atoms with Crippen LogP contribution < -0.4 is 0 Å². The lowest BCUT2D eigenvalue weighted by atomic mass is 9.88. The molecular formula is C15H20N2O4S2. The predicted molar refractivity (Wildman–Crippen MR) is 87.6 cm³/mol. The third kappa shape index (κ3) is 2.57. The zero-order valence-corrected chi connectivity index (χ0v) is 14.9. The molecule has 23 heavy (non-hydrogen) atoms. The molecule has 126 valence electrons. The zero-order chi connectivity index (χ0) is 16.9. The monoisotopic (exact) mass is 356 g/mol. The van der Waals surface area contributed by atoms with Crippen LogP contribution in [0.5, 0.6) is 0 Å². The van der Waals surface area contributed by atoms with Crippen LogP contribution in [0.2, 0.25) is 0 Å². The molecule has 6 nitrogen and oxygen atoms in total. The molecule has 8 heteroatoms. The van der Waals surface area contributed by atoms with Gasteiger partial charge in [-0.15, -0.1) is 11.3 Å². The van der Waals surface area contributed by atoms with Crippen LogP contribution >= 0.6 is 11.3 Å². The molecule has 0 saturated carbocycles. The van der Waals surface area contributed by atoms with Crippen molar-refractivity contribution in [3.63, 3.8) is 0 Å². The van der Waals surface area contributed by atoms with Crippen molar-refractivity contribution in [1.82, 2.24) is 9.21 Å². The van der Waals surface area contributed by atoms with Crippen molar-refractivity contribution >= 4 is 33.2 Å². The van der Waals surface area contributed by atoms with E-state index in [9.17, 15) is 18.0 Å². The maximum atomic E-state index is 12.7. The fraction of sp³-hybridized carbons (Fsp3) is 0.600. The molecule has 0 spiro atoms. The van der Waals surface area contributed by atoms with E-state index in [0.29, 0.717) is 17.8 Å². The third-order valence-electron chi connectivity index (χ3n) is 4.66. The lowest BCUT2D eigenvalue weighted by molar-refractivity contribution is -0.129. The van der Waals surface area contributed by atoms with Gasteiger partial charge in [-0.3, -0.25) is 9.59 Å². The molecule has 1 aromatic heterocycles. The SMILES string of the molecule is CC(C)[C@H]1C(=O)N(S(C)(=O)=O)[C@H]2CCN(C(=O)c3cccs3)[C@H]12. The van der Waals surface area contributed by atoms with Gasteiger partial charge in [-0.05, 0) is 23.8 Å². The standard InChI is InChI=1S/C15H20N2O4S2/c1-9(2)12-13-10(17(15(12)19)23(3,20)21)6-7-16(13)14(18)11-5-4-8-22-11/h4-5,8-10,12-13H,6-7H2,1-3H3/t10-,12+,13-/m0/s1. The summed E-state index contributed by atoms with van der Waals surface area (Å²) in [5.74, 6) is -0.984. The van der Waals surface area contributed by atoms with Crippen molar-refractivity contribution in [3.05, 3.63) is 22.4 Å². The first kappa shape index (κ1) is 16.4. The van der Waals surface area contributed by atoms with Gasteiger partial charge in [0.05, 0.1) is 29.1 Å². The number of likely N-dealkylation sites (tertiary alicyclic amines) is 1. The second kappa shape index (κ2) is 5.59. The highest BCUT2D eigenvalue weighted by Crippen LogP contribution is 2.41. The van der Waals surface area contributed by atoms with E-state index in [1.165, 1.54) is 11.3 Å². The molecule has 2 amide bonds. The molecule has 0 bridgehead atoms. The summed E-state index contributed by atoms with van der Waals surface area (Å²) in [4.78, 5) is 27.7. The number of thiophene rings is 1. The van der Waals surface area contributed by atoms with Crippen LogP contribution in [0.25, 0.3) is 0 Å². The zero-order valence-electron chi connectivity index (χ0n) is 13.3. The van der Waals surface area contributed by atoms with Gasteiger partial charge in [-0.1, -0.05) is 19.9 Å². The Morgan fingerprint density at radius 1 is 1.39 bits per heavy atom. The van der Waals surface area contributed by atoms with E-state index in [1.807, 2.05) is 25.3 Å². The molecular weight excluding hydrogens is 336 g/mol. The molecule has 2 fully saturated rings. The summed E-state index contributed by atoms with van der Waals surface area (Å²) >= 11 is 1.36. The summed E-state index contributed by atoms with van der Waals surface area (Å²) in [6.07, 6.45) is 1.57. The van der Waals surface area contributed by atoms with E-state index in [4.69, 9.17) is 0 Å². The number of sulfonamides is 1. The quantitative estimate of drug-likeness (QED) is 0.821. The van der Waals surface area contributed by atoms with Gasteiger partial charge in [0.2, 0.25) is 15.9 Å². The maximum absolute atomic E-state index is 12.7. The van der Waals surface area contributed by atoms with Crippen LogP contribution in [0, 0.1) is 11.8 Å². The second-order valence-electron chi connectivity index (χ2n) is 6.49. The first-order valence-electron chi connectivity index (χ1n) is 7.61. The van der Waals surface area contributed by atoms with Crippen molar-refractivity contribution in [3.8, 4) is 0 Å². The van der Waals surface area contributed by atoms with Crippen LogP contribution in [-0.4, -0.2) is 54.3 Å². The third-order valence-corrected chi connectivity index (χ3v) is 6.68. The molecule has 0 aliphatic carbocycles. The minimum atomic E-state index is -3.63. The van der Waals surface area contributed by atoms with Crippen molar-refractivity contribution in [2.24, 2.45) is 11.8 Å². The number of carbonyl (C=O) groups excluding carboxylic acids is 2. The largest absolute Gasteiger partial charge is 0.332 e. The number of fused-ring (bicyclic) bond motifs is 1. The summed E-state index contributed by atoms with van der Waals surface area (Å²) in [6.45, 7) is 4.28. The summed E-state index contributed by atoms with van der Waals surface area (Å²) in [5, 5.41) is 1.84. The Hall–Kier alpha value is -1.41. The van der Waals surface area contributed by atoms with Crippen molar-refractivity contribution in [1.29, 1.82) is 0 Å². The second-order valence-corrected chi connectivity index (χ2v) is 9.30. The summed E-state index contributed by atoms with van der Waals surface area (Å²) in [6, 6.07) is 2.77. The molecule has 0 aromatic carbocycles. The number of rotatable bonds is 3. The van der Waals surface area contributed by atoms with Gasteiger partial charge in [0.15, 0.2) is 0 Å². The molecule has 0 N–H and O–H groups in total. The lowest BCUT2D eigenvalue weighted by Gasteiger charge is -2.28. The highest BCUT2D eigenvalue weighted by atomic mass is 32.2. The molecule has 1 aromatic rings. The minimum absolute atomic E-state index is 0.0292. The van der Waals surface area contributed by atoms with E-state index >= 15 is 0 Å². The normalized spacial score (nSPS) is 27.8. The van der Waals surface area contributed by atoms with Gasteiger partial charge >= 0.3 is 0 Å². The summed E-state index contributed by atoms with van der Waals surface area (Å²) < 4.78 is 25.1. The highest BCUT2D eigenvalue weighted by Gasteiger charge is 2.58. The molecule has 0 unspecified atom stereocenters. The Labute approximate surface area is 140 Å². The van der Waals surface area contributed by atoms with E-state index in [0.717, 1.165) is 10.6 Å². The highest BCUT2D eigenvalue weighted by molar-refractivity contribution is 7.88.